The van der Waals surface area contributed by atoms with Crippen molar-refractivity contribution in [2.24, 2.45) is 5.92 Å². The molecule has 1 aliphatic carbocycles. The van der Waals surface area contributed by atoms with Crippen LogP contribution in [0.25, 0.3) is 21.9 Å². The van der Waals surface area contributed by atoms with Crippen LogP contribution in [0, 0.1) is 16.0 Å². The van der Waals surface area contributed by atoms with Gasteiger partial charge in [0, 0.05) is 22.1 Å². The highest BCUT2D eigenvalue weighted by molar-refractivity contribution is 6.05. The number of nitrogens with zero attached hydrogens (tertiary/aromatic N) is 1. The maximum Gasteiger partial charge on any atom is 0.321 e. The zero-order valence-electron chi connectivity index (χ0n) is 11.4. The number of hydrogen-bond donors (Lipinski definition) is 0. The highest BCUT2D eigenvalue weighted by atomic mass is 16.6. The molecule has 6 nitrogen and oxygen atoms in total. The number of nitro groups is 1. The van der Waals surface area contributed by atoms with Crippen LogP contribution in [0.5, 0.6) is 5.75 Å². The molecule has 1 saturated carbocycles. The van der Waals surface area contributed by atoms with Crippen LogP contribution in [0.3, 0.4) is 0 Å². The fourth-order valence-corrected chi connectivity index (χ4v) is 2.63. The fraction of sp³-hybridized carbons (Fsp3) is 0.188. The van der Waals surface area contributed by atoms with Crippen molar-refractivity contribution in [2.75, 3.05) is 0 Å². The predicted octanol–water partition coefficient (Wildman–Crippen LogP) is 3.16. The first kappa shape index (κ1) is 12.8. The zero-order valence-corrected chi connectivity index (χ0v) is 11.4. The summed E-state index contributed by atoms with van der Waals surface area (Å²) in [5.41, 5.74) is 1.46. The summed E-state index contributed by atoms with van der Waals surface area (Å²) >= 11 is 0. The van der Waals surface area contributed by atoms with Gasteiger partial charge in [-0.25, -0.2) is 0 Å². The van der Waals surface area contributed by atoms with Gasteiger partial charge in [0.15, 0.2) is 0 Å². The summed E-state index contributed by atoms with van der Waals surface area (Å²) in [5, 5.41) is 12.4. The Kier molecular flexibility index (Phi) is 2.66. The van der Waals surface area contributed by atoms with Gasteiger partial charge in [0.05, 0.1) is 0 Å². The number of fused-ring (bicyclic) bond motifs is 3. The van der Waals surface area contributed by atoms with E-state index in [0.717, 1.165) is 16.4 Å². The molecule has 2 aromatic carbocycles. The zero-order chi connectivity index (χ0) is 15.3. The average Bonchev–Trinajstić information content (AvgIpc) is 3.23. The number of hydrogen-bond acceptors (Lipinski definition) is 5. The molecule has 22 heavy (non-hydrogen) atoms. The molecule has 0 saturated heterocycles. The molecule has 110 valence electrons. The normalized spacial score (nSPS) is 20.2. The monoisotopic (exact) mass is 297 g/mol. The number of carbonyl (C=O) groups excluding carboxylic acids is 1. The van der Waals surface area contributed by atoms with Crippen LogP contribution in [-0.2, 0) is 4.79 Å². The lowest BCUT2D eigenvalue weighted by molar-refractivity contribution is -0.497. The Morgan fingerprint density at radius 3 is 2.73 bits per heavy atom. The molecule has 0 N–H and O–H groups in total. The van der Waals surface area contributed by atoms with Crippen molar-refractivity contribution in [2.45, 2.75) is 12.5 Å². The van der Waals surface area contributed by atoms with E-state index in [1.807, 2.05) is 24.3 Å². The number of benzene rings is 2. The summed E-state index contributed by atoms with van der Waals surface area (Å²) in [5.74, 6) is -0.807. The molecule has 4 rings (SSSR count). The molecule has 0 amide bonds. The first-order chi connectivity index (χ1) is 10.6. The van der Waals surface area contributed by atoms with Crippen LogP contribution in [0.2, 0.25) is 0 Å². The first-order valence-corrected chi connectivity index (χ1v) is 6.90. The van der Waals surface area contributed by atoms with E-state index in [1.54, 1.807) is 18.2 Å². The second kappa shape index (κ2) is 4.56. The maximum atomic E-state index is 11.9. The Bertz CT molecular complexity index is 913. The summed E-state index contributed by atoms with van der Waals surface area (Å²) in [4.78, 5) is 22.0. The van der Waals surface area contributed by atoms with Crippen LogP contribution in [0.4, 0.5) is 0 Å². The van der Waals surface area contributed by atoms with Crippen molar-refractivity contribution in [3.63, 3.8) is 0 Å². The summed E-state index contributed by atoms with van der Waals surface area (Å²) < 4.78 is 11.0. The highest BCUT2D eigenvalue weighted by Crippen LogP contribution is 2.36. The van der Waals surface area contributed by atoms with Gasteiger partial charge in [0.2, 0.25) is 6.04 Å². The van der Waals surface area contributed by atoms with Crippen LogP contribution in [-0.4, -0.2) is 16.9 Å². The van der Waals surface area contributed by atoms with Crippen molar-refractivity contribution in [3.05, 3.63) is 52.6 Å². The van der Waals surface area contributed by atoms with Crippen LogP contribution < -0.4 is 4.74 Å². The summed E-state index contributed by atoms with van der Waals surface area (Å²) in [6, 6.07) is 11.9. The van der Waals surface area contributed by atoms with Gasteiger partial charge in [-0.15, -0.1) is 0 Å². The summed E-state index contributed by atoms with van der Waals surface area (Å²) in [7, 11) is 0. The lowest BCUT2D eigenvalue weighted by Crippen LogP contribution is -2.16. The average molecular weight is 297 g/mol. The Balaban J connectivity index is 1.64. The van der Waals surface area contributed by atoms with Crippen LogP contribution in [0.1, 0.15) is 6.42 Å². The number of esters is 1. The molecule has 1 fully saturated rings. The largest absolute Gasteiger partial charge is 0.456 e. The topological polar surface area (TPSA) is 82.6 Å². The van der Waals surface area contributed by atoms with Crippen molar-refractivity contribution in [3.8, 4) is 5.75 Å². The van der Waals surface area contributed by atoms with Gasteiger partial charge in [-0.05, 0) is 24.3 Å². The molecule has 0 spiro atoms. The van der Waals surface area contributed by atoms with E-state index in [1.165, 1.54) is 0 Å². The molecule has 3 aromatic rings. The Morgan fingerprint density at radius 1 is 1.18 bits per heavy atom. The molecule has 0 bridgehead atoms. The van der Waals surface area contributed by atoms with Gasteiger partial charge in [0.1, 0.15) is 22.8 Å². The SMILES string of the molecule is O=C(Oc1ccc2oc3ccccc3c2c1)[C@@H]1C[C@@H]1[N+](=O)[O-]. The molecular weight excluding hydrogens is 286 g/mol. The van der Waals surface area contributed by atoms with E-state index in [4.69, 9.17) is 9.15 Å². The molecule has 1 aliphatic rings. The Labute approximate surface area is 124 Å². The third-order valence-electron chi connectivity index (χ3n) is 3.90. The first-order valence-electron chi connectivity index (χ1n) is 6.90. The standard InChI is InChI=1S/C16H11NO5/c18-16(12-8-13(12)17(19)20)21-9-5-6-15-11(7-9)10-3-1-2-4-14(10)22-15/h1-7,12-13H,8H2/t12-,13+/m1/s1. The van der Waals surface area contributed by atoms with Gasteiger partial charge >= 0.3 is 5.97 Å². The lowest BCUT2D eigenvalue weighted by atomic mass is 10.1. The number of carbonyl (C=O) groups is 1. The second-order valence-electron chi connectivity index (χ2n) is 5.37. The van der Waals surface area contributed by atoms with Crippen LogP contribution >= 0.6 is 0 Å². The van der Waals surface area contributed by atoms with E-state index in [9.17, 15) is 14.9 Å². The molecular formula is C16H11NO5. The maximum absolute atomic E-state index is 11.9. The number of furan rings is 1. The van der Waals surface area contributed by atoms with Gasteiger partial charge in [0.25, 0.3) is 0 Å². The Hall–Kier alpha value is -2.89. The quantitative estimate of drug-likeness (QED) is 0.321. The third-order valence-corrected chi connectivity index (χ3v) is 3.90. The summed E-state index contributed by atoms with van der Waals surface area (Å²) in [6.45, 7) is 0. The fourth-order valence-electron chi connectivity index (χ4n) is 2.63. The Morgan fingerprint density at radius 2 is 1.95 bits per heavy atom. The van der Waals surface area contributed by atoms with E-state index in [-0.39, 0.29) is 6.42 Å². The summed E-state index contributed by atoms with van der Waals surface area (Å²) in [6.07, 6.45) is 0.253. The minimum atomic E-state index is -0.800. The number of ether oxygens (including phenoxy) is 1. The molecule has 0 radical (unpaired) electrons. The van der Waals surface area contributed by atoms with E-state index in [0.29, 0.717) is 11.3 Å². The van der Waals surface area contributed by atoms with E-state index < -0.39 is 22.9 Å². The molecule has 2 atom stereocenters. The van der Waals surface area contributed by atoms with Crippen molar-refractivity contribution < 1.29 is 18.9 Å². The molecule has 0 unspecified atom stereocenters. The van der Waals surface area contributed by atoms with Gasteiger partial charge in [-0.1, -0.05) is 18.2 Å². The van der Waals surface area contributed by atoms with E-state index >= 15 is 0 Å². The third kappa shape index (κ3) is 2.00. The van der Waals surface area contributed by atoms with Crippen molar-refractivity contribution in [1.29, 1.82) is 0 Å². The van der Waals surface area contributed by atoms with Crippen LogP contribution in [0.15, 0.2) is 46.9 Å². The van der Waals surface area contributed by atoms with Crippen molar-refractivity contribution in [1.82, 2.24) is 0 Å². The highest BCUT2D eigenvalue weighted by Gasteiger charge is 2.54. The minimum absolute atomic E-state index is 0.253. The number of para-hydroxylation sites is 1. The van der Waals surface area contributed by atoms with Gasteiger partial charge in [-0.3, -0.25) is 14.9 Å². The predicted molar refractivity (Wildman–Crippen MR) is 78.2 cm³/mol. The smallest absolute Gasteiger partial charge is 0.321 e. The van der Waals surface area contributed by atoms with Gasteiger partial charge < -0.3 is 9.15 Å². The molecule has 6 heteroatoms. The second-order valence-corrected chi connectivity index (χ2v) is 5.37. The molecule has 1 aromatic heterocycles. The minimum Gasteiger partial charge on any atom is -0.456 e. The van der Waals surface area contributed by atoms with E-state index in [2.05, 4.69) is 0 Å². The lowest BCUT2D eigenvalue weighted by Gasteiger charge is -2.02. The van der Waals surface area contributed by atoms with Gasteiger partial charge in [-0.2, -0.15) is 0 Å². The number of rotatable bonds is 3. The molecule has 1 heterocycles. The molecule has 0 aliphatic heterocycles. The van der Waals surface area contributed by atoms with Crippen molar-refractivity contribution >= 4 is 27.9 Å².